The highest BCUT2D eigenvalue weighted by Crippen LogP contribution is 2.48. The molecular weight excluding hydrogens is 608 g/mol. The number of carbonyl (C=O) groups excluding carboxylic acids is 2. The smallest absolute Gasteiger partial charge is 0.445 e. The summed E-state index contributed by atoms with van der Waals surface area (Å²) in [5.41, 5.74) is -1.93. The largest absolute Gasteiger partial charge is 0.509 e. The van der Waals surface area contributed by atoms with Gasteiger partial charge in [-0.3, -0.25) is 9.36 Å². The van der Waals surface area contributed by atoms with Crippen LogP contribution in [0.2, 0.25) is 22.2 Å². The molecule has 13 nitrogen and oxygen atoms in total. The third kappa shape index (κ3) is 6.87. The molecule has 0 radical (unpaired) electrons. The zero-order valence-corrected chi connectivity index (χ0v) is 28.8. The summed E-state index contributed by atoms with van der Waals surface area (Å²) in [5, 5.41) is 0. The van der Waals surface area contributed by atoms with Gasteiger partial charge < -0.3 is 31.9 Å². The summed E-state index contributed by atoms with van der Waals surface area (Å²) in [6, 6.07) is 1.02. The monoisotopic (exact) mass is 654 g/mol. The zero-order chi connectivity index (χ0) is 33.0. The molecule has 2 aliphatic heterocycles. The van der Waals surface area contributed by atoms with Crippen molar-refractivity contribution in [3.63, 3.8) is 0 Å². The molecule has 2 aliphatic rings. The molecule has 3 rings (SSSR count). The predicted molar refractivity (Wildman–Crippen MR) is 166 cm³/mol. The predicted octanol–water partition coefficient (Wildman–Crippen LogP) is 4.74. The second-order valence-electron chi connectivity index (χ2n) is 12.1. The van der Waals surface area contributed by atoms with Gasteiger partial charge in [-0.25, -0.2) is 14.4 Å². The number of ether oxygens (including phenoxy) is 4. The van der Waals surface area contributed by atoms with Crippen molar-refractivity contribution in [2.24, 2.45) is 0 Å². The minimum atomic E-state index is -3.20. The van der Waals surface area contributed by atoms with E-state index in [1.54, 1.807) is 0 Å². The Morgan fingerprint density at radius 3 is 2.07 bits per heavy atom. The molecule has 0 aromatic carbocycles. The Labute approximate surface area is 260 Å². The molecule has 0 unspecified atom stereocenters. The Kier molecular flexibility index (Phi) is 11.8. The molecule has 3 heterocycles. The molecule has 4 atom stereocenters. The van der Waals surface area contributed by atoms with Gasteiger partial charge in [-0.05, 0) is 22.2 Å². The molecule has 15 heteroatoms. The first kappa shape index (κ1) is 35.7. The molecule has 1 aromatic rings. The van der Waals surface area contributed by atoms with Crippen LogP contribution in [0.3, 0.4) is 0 Å². The Morgan fingerprint density at radius 1 is 0.955 bits per heavy atom. The quantitative estimate of drug-likeness (QED) is 0.196. The summed E-state index contributed by atoms with van der Waals surface area (Å²) in [6.07, 6.45) is -2.71. The lowest BCUT2D eigenvalue weighted by Gasteiger charge is -2.51. The van der Waals surface area contributed by atoms with Crippen molar-refractivity contribution in [3.05, 3.63) is 58.4 Å². The lowest BCUT2D eigenvalue weighted by molar-refractivity contribution is -0.0663. The first-order valence-electron chi connectivity index (χ1n) is 14.9. The van der Waals surface area contributed by atoms with Gasteiger partial charge in [0.05, 0.1) is 6.61 Å². The lowest BCUT2D eigenvalue weighted by Crippen LogP contribution is -2.66. The third-order valence-corrected chi connectivity index (χ3v) is 18.2. The van der Waals surface area contributed by atoms with Crippen LogP contribution in [0.5, 0.6) is 0 Å². The van der Waals surface area contributed by atoms with Crippen LogP contribution in [0, 0.1) is 0 Å². The number of fused-ring (bicyclic) bond motifs is 1. The van der Waals surface area contributed by atoms with E-state index in [-0.39, 0.29) is 42.0 Å². The number of aromatic nitrogens is 2. The fourth-order valence-electron chi connectivity index (χ4n) is 5.79. The van der Waals surface area contributed by atoms with Crippen LogP contribution in [-0.4, -0.2) is 76.6 Å². The van der Waals surface area contributed by atoms with Gasteiger partial charge in [0.1, 0.15) is 25.4 Å². The fourth-order valence-corrected chi connectivity index (χ4v) is 17.0. The Bertz CT molecular complexity index is 1310. The van der Waals surface area contributed by atoms with Gasteiger partial charge in [0.2, 0.25) is 0 Å². The summed E-state index contributed by atoms with van der Waals surface area (Å²) in [4.78, 5) is 51.7. The highest BCUT2D eigenvalue weighted by molar-refractivity contribution is 6.84. The van der Waals surface area contributed by atoms with E-state index in [2.05, 4.69) is 40.9 Å². The van der Waals surface area contributed by atoms with Crippen LogP contribution < -0.4 is 11.2 Å². The second-order valence-corrected chi connectivity index (χ2v) is 20.9. The average molecular weight is 655 g/mol. The van der Waals surface area contributed by atoms with Gasteiger partial charge in [-0.2, -0.15) is 4.57 Å². The number of carbonyl (C=O) groups is 2. The maximum Gasteiger partial charge on any atom is 0.509 e. The van der Waals surface area contributed by atoms with Crippen molar-refractivity contribution in [2.75, 3.05) is 19.8 Å². The number of hydrogen-bond donors (Lipinski definition) is 0. The third-order valence-electron chi connectivity index (χ3n) is 7.96. The molecular formula is C29H46N2O11Si2. The van der Waals surface area contributed by atoms with Crippen LogP contribution in [0.4, 0.5) is 9.59 Å². The average Bonchev–Trinajstić information content (AvgIpc) is 3.25. The number of rotatable bonds is 10. The number of nitrogens with zero attached hydrogens (tertiary/aromatic N) is 2. The Morgan fingerprint density at radius 2 is 1.52 bits per heavy atom. The maximum atomic E-state index is 13.6. The molecule has 2 fully saturated rings. The molecule has 0 aliphatic carbocycles. The van der Waals surface area contributed by atoms with E-state index in [9.17, 15) is 19.2 Å². The van der Waals surface area contributed by atoms with Crippen LogP contribution in [-0.2, 0) is 31.9 Å². The van der Waals surface area contributed by atoms with Crippen molar-refractivity contribution in [2.45, 2.75) is 102 Å². The van der Waals surface area contributed by atoms with E-state index in [4.69, 9.17) is 31.9 Å². The van der Waals surface area contributed by atoms with Gasteiger partial charge in [0, 0.05) is 12.3 Å². The second kappa shape index (κ2) is 14.5. The Balaban J connectivity index is 2.21. The summed E-state index contributed by atoms with van der Waals surface area (Å²) < 4.78 is 44.6. The van der Waals surface area contributed by atoms with Gasteiger partial charge >= 0.3 is 35.1 Å². The van der Waals surface area contributed by atoms with Gasteiger partial charge in [-0.1, -0.05) is 80.7 Å². The molecule has 0 spiro atoms. The topological polar surface area (TPSA) is 143 Å². The molecule has 0 amide bonds. The fraction of sp³-hybridized carbons (Fsp3) is 0.655. The summed E-state index contributed by atoms with van der Waals surface area (Å²) in [5.74, 6) is 0. The number of hydrogen-bond acceptors (Lipinski definition) is 11. The standard InChI is InChI=1S/C29H46N2O11Si2/c1-11-15-36-28(34)31-23(32)13-14-30(27(31)33)26-25(40-29(35)37-16-12-2)24-22(39-26)17-38-43(18(3)4,19(5)6)42-44(41-24,20(7)8)21(9)10/h11-14,18-22,24-26H,1-2,15-17H2,3-10H3/t22-,24-,25-,26-/m1/s1. The highest BCUT2D eigenvalue weighted by Gasteiger charge is 2.62. The zero-order valence-electron chi connectivity index (χ0n) is 26.8. The van der Waals surface area contributed by atoms with Crippen LogP contribution in [0.1, 0.15) is 61.6 Å². The molecule has 246 valence electrons. The van der Waals surface area contributed by atoms with E-state index in [1.165, 1.54) is 18.3 Å². The van der Waals surface area contributed by atoms with E-state index >= 15 is 0 Å². The summed E-state index contributed by atoms with van der Waals surface area (Å²) in [7, 11) is -6.14. The van der Waals surface area contributed by atoms with E-state index in [1.807, 2.05) is 27.7 Å². The Hall–Kier alpha value is -2.83. The minimum Gasteiger partial charge on any atom is -0.445 e. The normalized spacial score (nSPS) is 24.5. The van der Waals surface area contributed by atoms with Crippen molar-refractivity contribution >= 4 is 29.4 Å². The van der Waals surface area contributed by atoms with Crippen LogP contribution in [0.25, 0.3) is 0 Å². The highest BCUT2D eigenvalue weighted by atomic mass is 28.5. The van der Waals surface area contributed by atoms with E-state index in [0.29, 0.717) is 4.57 Å². The van der Waals surface area contributed by atoms with Crippen LogP contribution >= 0.6 is 0 Å². The van der Waals surface area contributed by atoms with Crippen molar-refractivity contribution in [1.29, 1.82) is 0 Å². The SMILES string of the molecule is C=CCOC(=O)O[C@@H]1[C@@H]2O[Si](C(C)C)(C(C)C)O[Si](C(C)C)(C(C)C)OC[C@H]2O[C@H]1n1ccc(=O)n(C(=O)OCC=C)c1=O. The van der Waals surface area contributed by atoms with Gasteiger partial charge in [0.25, 0.3) is 5.56 Å². The minimum absolute atomic E-state index is 0.0295. The first-order valence-corrected chi connectivity index (χ1v) is 18.8. The molecule has 1 aromatic heterocycles. The maximum absolute atomic E-state index is 13.6. The van der Waals surface area contributed by atoms with E-state index < -0.39 is 65.2 Å². The summed E-state index contributed by atoms with van der Waals surface area (Å²) >= 11 is 0. The van der Waals surface area contributed by atoms with Gasteiger partial charge in [0.15, 0.2) is 12.3 Å². The first-order chi connectivity index (χ1) is 20.7. The van der Waals surface area contributed by atoms with Crippen molar-refractivity contribution < 1.29 is 41.5 Å². The summed E-state index contributed by atoms with van der Waals surface area (Å²) in [6.45, 7) is 23.2. The molecule has 0 saturated carbocycles. The van der Waals surface area contributed by atoms with Gasteiger partial charge in [-0.15, -0.1) is 0 Å². The molecule has 44 heavy (non-hydrogen) atoms. The van der Waals surface area contributed by atoms with Crippen molar-refractivity contribution in [1.82, 2.24) is 9.13 Å². The van der Waals surface area contributed by atoms with E-state index in [0.717, 1.165) is 10.6 Å². The lowest BCUT2D eigenvalue weighted by atomic mass is 10.1. The molecule has 2 saturated heterocycles. The van der Waals surface area contributed by atoms with Crippen LogP contribution in [0.15, 0.2) is 47.2 Å². The molecule has 0 bridgehead atoms. The molecule has 0 N–H and O–H groups in total. The van der Waals surface area contributed by atoms with Crippen molar-refractivity contribution in [3.8, 4) is 0 Å².